The van der Waals surface area contributed by atoms with Crippen LogP contribution in [-0.4, -0.2) is 0 Å². The topological polar surface area (TPSA) is 29.5 Å². The second-order valence-electron chi connectivity index (χ2n) is 13.7. The molecule has 0 atom stereocenters. The van der Waals surface area contributed by atoms with Crippen LogP contribution in [0.15, 0.2) is 197 Å². The molecule has 248 valence electrons. The Balaban J connectivity index is 1.08. The molecule has 0 saturated heterocycles. The van der Waals surface area contributed by atoms with Gasteiger partial charge < -0.3 is 13.7 Å². The highest BCUT2D eigenvalue weighted by atomic mass is 16.3. The molecule has 2 aromatic heterocycles. The summed E-state index contributed by atoms with van der Waals surface area (Å²) in [5.41, 5.74) is 11.2. The summed E-state index contributed by atoms with van der Waals surface area (Å²) in [6.45, 7) is 0. The largest absolute Gasteiger partial charge is 0.455 e. The van der Waals surface area contributed by atoms with Crippen LogP contribution < -0.4 is 4.90 Å². The summed E-state index contributed by atoms with van der Waals surface area (Å²) in [4.78, 5) is 2.30. The molecule has 0 N–H and O–H groups in total. The lowest BCUT2D eigenvalue weighted by Crippen LogP contribution is -2.10. The van der Waals surface area contributed by atoms with E-state index in [9.17, 15) is 0 Å². The van der Waals surface area contributed by atoms with Gasteiger partial charge in [0.15, 0.2) is 5.58 Å². The highest BCUT2D eigenvalue weighted by Crippen LogP contribution is 2.45. The van der Waals surface area contributed by atoms with E-state index in [1.807, 2.05) is 18.2 Å². The smallest absolute Gasteiger partial charge is 0.159 e. The Labute approximate surface area is 305 Å². The van der Waals surface area contributed by atoms with Crippen molar-refractivity contribution in [1.29, 1.82) is 0 Å². The molecule has 3 nitrogen and oxygen atoms in total. The van der Waals surface area contributed by atoms with E-state index in [0.717, 1.165) is 72.1 Å². The maximum absolute atomic E-state index is 6.61. The summed E-state index contributed by atoms with van der Waals surface area (Å²) in [6, 6.07) is 66.7. The monoisotopic (exact) mass is 677 g/mol. The van der Waals surface area contributed by atoms with Gasteiger partial charge in [0.25, 0.3) is 0 Å². The first kappa shape index (κ1) is 29.6. The third-order valence-corrected chi connectivity index (χ3v) is 10.7. The highest BCUT2D eigenvalue weighted by Gasteiger charge is 2.21. The molecule has 0 aliphatic rings. The number of para-hydroxylation sites is 3. The zero-order valence-electron chi connectivity index (χ0n) is 28.7. The fourth-order valence-corrected chi connectivity index (χ4v) is 8.18. The van der Waals surface area contributed by atoms with Gasteiger partial charge in [-0.2, -0.15) is 0 Å². The zero-order chi connectivity index (χ0) is 34.9. The van der Waals surface area contributed by atoms with Gasteiger partial charge in [-0.15, -0.1) is 0 Å². The van der Waals surface area contributed by atoms with Gasteiger partial charge in [-0.25, -0.2) is 0 Å². The first-order chi connectivity index (χ1) is 26.3. The first-order valence-corrected chi connectivity index (χ1v) is 18.0. The Morgan fingerprint density at radius 3 is 1.62 bits per heavy atom. The minimum Gasteiger partial charge on any atom is -0.455 e. The first-order valence-electron chi connectivity index (χ1n) is 18.0. The Kier molecular flexibility index (Phi) is 6.55. The predicted molar refractivity (Wildman–Crippen MR) is 222 cm³/mol. The summed E-state index contributed by atoms with van der Waals surface area (Å²) >= 11 is 0. The Hall–Kier alpha value is -7.10. The molecule has 0 radical (unpaired) electrons. The molecule has 0 aliphatic carbocycles. The van der Waals surface area contributed by atoms with Crippen molar-refractivity contribution < 1.29 is 8.83 Å². The minimum atomic E-state index is 0.856. The molecule has 53 heavy (non-hydrogen) atoms. The summed E-state index contributed by atoms with van der Waals surface area (Å²) in [6.07, 6.45) is 0. The number of hydrogen-bond donors (Lipinski definition) is 0. The number of nitrogens with zero attached hydrogens (tertiary/aromatic N) is 1. The minimum absolute atomic E-state index is 0.856. The lowest BCUT2D eigenvalue weighted by molar-refractivity contribution is 0.669. The Morgan fingerprint density at radius 2 is 0.868 bits per heavy atom. The van der Waals surface area contributed by atoms with Crippen molar-refractivity contribution in [3.05, 3.63) is 188 Å². The molecular formula is C50H31NO2. The van der Waals surface area contributed by atoms with E-state index in [1.165, 1.54) is 32.7 Å². The van der Waals surface area contributed by atoms with Crippen LogP contribution >= 0.6 is 0 Å². The number of furan rings is 2. The van der Waals surface area contributed by atoms with Gasteiger partial charge in [-0.1, -0.05) is 140 Å². The van der Waals surface area contributed by atoms with E-state index in [0.29, 0.717) is 0 Å². The van der Waals surface area contributed by atoms with Crippen molar-refractivity contribution in [2.24, 2.45) is 0 Å². The van der Waals surface area contributed by atoms with Crippen molar-refractivity contribution in [2.45, 2.75) is 0 Å². The van der Waals surface area contributed by atoms with E-state index < -0.39 is 0 Å². The second-order valence-corrected chi connectivity index (χ2v) is 13.7. The molecule has 0 amide bonds. The molecule has 11 aromatic rings. The number of benzene rings is 9. The number of fused-ring (bicyclic) bond motifs is 9. The Morgan fingerprint density at radius 1 is 0.340 bits per heavy atom. The SMILES string of the molecule is c1ccc2c(-c3ccc(N(c4ccc(-c5cc6ccccc6c6c5oc5ccccc56)cc4)c4cccc5c4oc4ccccc45)cc3)cccc2c1. The molecule has 0 spiro atoms. The summed E-state index contributed by atoms with van der Waals surface area (Å²) < 4.78 is 13.2. The molecule has 0 fully saturated rings. The van der Waals surface area contributed by atoms with E-state index in [1.54, 1.807) is 0 Å². The highest BCUT2D eigenvalue weighted by molar-refractivity contribution is 6.22. The summed E-state index contributed by atoms with van der Waals surface area (Å²) in [5, 5.41) is 9.36. The number of anilines is 3. The average molecular weight is 678 g/mol. The quantitative estimate of drug-likeness (QED) is 0.182. The normalized spacial score (nSPS) is 11.8. The lowest BCUT2D eigenvalue weighted by Gasteiger charge is -2.26. The maximum Gasteiger partial charge on any atom is 0.159 e. The third kappa shape index (κ3) is 4.68. The number of hydrogen-bond acceptors (Lipinski definition) is 3. The molecule has 11 rings (SSSR count). The standard InChI is InChI=1S/C50H31NO2/c1-3-14-38-32(11-1)13-9-18-39(38)33-23-27-36(28-24-33)51(45-20-10-19-42-41-16-5-7-21-46(41)52-49(42)45)37-29-25-34(26-30-37)44-31-35-12-2-4-15-40(35)48-43-17-6-8-22-47(43)53-50(44)48/h1-31H. The fraction of sp³-hybridized carbons (Fsp3) is 0. The van der Waals surface area contributed by atoms with Crippen molar-refractivity contribution in [3.63, 3.8) is 0 Å². The third-order valence-electron chi connectivity index (χ3n) is 10.7. The van der Waals surface area contributed by atoms with Crippen LogP contribution in [0.25, 0.3) is 87.7 Å². The van der Waals surface area contributed by atoms with Crippen LogP contribution in [0.4, 0.5) is 17.1 Å². The molecule has 0 aliphatic heterocycles. The van der Waals surface area contributed by atoms with Gasteiger partial charge in [0.2, 0.25) is 0 Å². The fourth-order valence-electron chi connectivity index (χ4n) is 8.18. The van der Waals surface area contributed by atoms with Crippen LogP contribution in [0, 0.1) is 0 Å². The van der Waals surface area contributed by atoms with Crippen molar-refractivity contribution in [3.8, 4) is 22.3 Å². The van der Waals surface area contributed by atoms with E-state index >= 15 is 0 Å². The lowest BCUT2D eigenvalue weighted by atomic mass is 9.96. The zero-order valence-corrected chi connectivity index (χ0v) is 28.7. The van der Waals surface area contributed by atoms with Crippen LogP contribution in [0.1, 0.15) is 0 Å². The molecule has 0 unspecified atom stereocenters. The molecular weight excluding hydrogens is 647 g/mol. The predicted octanol–water partition coefficient (Wildman–Crippen LogP) is 14.6. The van der Waals surface area contributed by atoms with E-state index in [4.69, 9.17) is 8.83 Å². The van der Waals surface area contributed by atoms with Crippen LogP contribution in [-0.2, 0) is 0 Å². The van der Waals surface area contributed by atoms with Crippen LogP contribution in [0.5, 0.6) is 0 Å². The van der Waals surface area contributed by atoms with Gasteiger partial charge in [-0.3, -0.25) is 0 Å². The van der Waals surface area contributed by atoms with Crippen LogP contribution in [0.2, 0.25) is 0 Å². The van der Waals surface area contributed by atoms with Crippen molar-refractivity contribution in [1.82, 2.24) is 0 Å². The van der Waals surface area contributed by atoms with Gasteiger partial charge in [0, 0.05) is 38.5 Å². The van der Waals surface area contributed by atoms with Crippen LogP contribution in [0.3, 0.4) is 0 Å². The summed E-state index contributed by atoms with van der Waals surface area (Å²) in [5.74, 6) is 0. The average Bonchev–Trinajstić information content (AvgIpc) is 3.81. The molecule has 9 aromatic carbocycles. The van der Waals surface area contributed by atoms with Gasteiger partial charge >= 0.3 is 0 Å². The molecule has 2 heterocycles. The van der Waals surface area contributed by atoms with E-state index in [-0.39, 0.29) is 0 Å². The van der Waals surface area contributed by atoms with Gasteiger partial charge in [0.05, 0.1) is 5.69 Å². The second kappa shape index (κ2) is 11.7. The van der Waals surface area contributed by atoms with Crippen molar-refractivity contribution >= 4 is 82.5 Å². The summed E-state index contributed by atoms with van der Waals surface area (Å²) in [7, 11) is 0. The van der Waals surface area contributed by atoms with Crippen molar-refractivity contribution in [2.75, 3.05) is 4.90 Å². The molecule has 0 saturated carbocycles. The maximum atomic E-state index is 6.61. The number of rotatable bonds is 5. The van der Waals surface area contributed by atoms with Gasteiger partial charge in [-0.05, 0) is 86.8 Å². The Bertz CT molecular complexity index is 3160. The molecule has 0 bridgehead atoms. The van der Waals surface area contributed by atoms with Gasteiger partial charge in [0.1, 0.15) is 16.7 Å². The molecule has 3 heteroatoms. The van der Waals surface area contributed by atoms with E-state index in [2.05, 4.69) is 175 Å².